The first kappa shape index (κ1) is 15.1. The molecule has 0 amide bonds. The molecule has 2 aromatic rings. The van der Waals surface area contributed by atoms with Crippen LogP contribution in [0.25, 0.3) is 11.3 Å². The lowest BCUT2D eigenvalue weighted by molar-refractivity contribution is 0.0697. The van der Waals surface area contributed by atoms with Crippen LogP contribution < -0.4 is 4.74 Å². The van der Waals surface area contributed by atoms with E-state index >= 15 is 0 Å². The van der Waals surface area contributed by atoms with Crippen LogP contribution in [0.4, 0.5) is 0 Å². The van der Waals surface area contributed by atoms with Gasteiger partial charge in [0.05, 0.1) is 12.1 Å². The van der Waals surface area contributed by atoms with Crippen LogP contribution in [-0.4, -0.2) is 27.5 Å². The second kappa shape index (κ2) is 5.60. The third-order valence-corrected chi connectivity index (χ3v) is 3.07. The summed E-state index contributed by atoms with van der Waals surface area (Å²) >= 11 is 0. The molecule has 0 aliphatic rings. The molecule has 112 valence electrons. The maximum absolute atomic E-state index is 11.4. The Kier molecular flexibility index (Phi) is 4.02. The molecule has 5 nitrogen and oxygen atoms in total. The first-order valence-corrected chi connectivity index (χ1v) is 6.89. The standard InChI is InChI=1S/C16H20N2O3/c1-5-21-12-8-6-11(7-9-12)14-13(15(19)20)10-18(17-14)16(2,3)4/h6-10H,5H2,1-4H3,(H,19,20). The van der Waals surface area contributed by atoms with E-state index in [2.05, 4.69) is 5.10 Å². The maximum Gasteiger partial charge on any atom is 0.339 e. The number of ether oxygens (including phenoxy) is 1. The first-order valence-electron chi connectivity index (χ1n) is 6.89. The fraction of sp³-hybridized carbons (Fsp3) is 0.375. The summed E-state index contributed by atoms with van der Waals surface area (Å²) in [7, 11) is 0. The molecule has 0 aliphatic carbocycles. The summed E-state index contributed by atoms with van der Waals surface area (Å²) in [6.07, 6.45) is 1.58. The minimum Gasteiger partial charge on any atom is -0.494 e. The van der Waals surface area contributed by atoms with Crippen LogP contribution >= 0.6 is 0 Å². The summed E-state index contributed by atoms with van der Waals surface area (Å²) in [5.74, 6) is -0.220. The highest BCUT2D eigenvalue weighted by Crippen LogP contribution is 2.27. The van der Waals surface area contributed by atoms with Crippen molar-refractivity contribution in [3.63, 3.8) is 0 Å². The number of hydrogen-bond donors (Lipinski definition) is 1. The number of rotatable bonds is 4. The Balaban J connectivity index is 2.46. The van der Waals surface area contributed by atoms with Gasteiger partial charge < -0.3 is 9.84 Å². The number of hydrogen-bond acceptors (Lipinski definition) is 3. The molecular weight excluding hydrogens is 268 g/mol. The number of carboxylic acids is 1. The molecule has 5 heteroatoms. The molecule has 1 aromatic carbocycles. The lowest BCUT2D eigenvalue weighted by Crippen LogP contribution is -2.22. The van der Waals surface area contributed by atoms with E-state index in [1.54, 1.807) is 10.9 Å². The number of nitrogens with zero attached hydrogens (tertiary/aromatic N) is 2. The second-order valence-electron chi connectivity index (χ2n) is 5.77. The normalized spacial score (nSPS) is 11.4. The summed E-state index contributed by atoms with van der Waals surface area (Å²) in [6, 6.07) is 7.29. The van der Waals surface area contributed by atoms with Crippen LogP contribution in [0.15, 0.2) is 30.5 Å². The van der Waals surface area contributed by atoms with Gasteiger partial charge in [-0.05, 0) is 52.0 Å². The van der Waals surface area contributed by atoms with E-state index < -0.39 is 5.97 Å². The minimum atomic E-state index is -0.977. The molecule has 0 saturated carbocycles. The first-order chi connectivity index (χ1) is 9.82. The summed E-state index contributed by atoms with van der Waals surface area (Å²) in [4.78, 5) is 11.4. The van der Waals surface area contributed by atoms with Gasteiger partial charge >= 0.3 is 5.97 Å². The van der Waals surface area contributed by atoms with Crippen molar-refractivity contribution in [2.24, 2.45) is 0 Å². The molecule has 0 atom stereocenters. The third kappa shape index (κ3) is 3.24. The molecule has 21 heavy (non-hydrogen) atoms. The molecule has 0 bridgehead atoms. The number of benzene rings is 1. The summed E-state index contributed by atoms with van der Waals surface area (Å²) < 4.78 is 7.07. The van der Waals surface area contributed by atoms with Gasteiger partial charge in [-0.1, -0.05) is 0 Å². The Labute approximate surface area is 124 Å². The summed E-state index contributed by atoms with van der Waals surface area (Å²) in [5.41, 5.74) is 1.17. The Morgan fingerprint density at radius 3 is 2.38 bits per heavy atom. The highest BCUT2D eigenvalue weighted by atomic mass is 16.5. The fourth-order valence-corrected chi connectivity index (χ4v) is 1.96. The molecule has 0 unspecified atom stereocenters. The molecule has 0 spiro atoms. The molecule has 0 saturated heterocycles. The van der Waals surface area contributed by atoms with E-state index in [1.165, 1.54) is 0 Å². The smallest absolute Gasteiger partial charge is 0.339 e. The van der Waals surface area contributed by atoms with E-state index in [4.69, 9.17) is 4.74 Å². The summed E-state index contributed by atoms with van der Waals surface area (Å²) in [6.45, 7) is 8.45. The average molecular weight is 288 g/mol. The maximum atomic E-state index is 11.4. The minimum absolute atomic E-state index is 0.203. The monoisotopic (exact) mass is 288 g/mol. The second-order valence-corrected chi connectivity index (χ2v) is 5.77. The van der Waals surface area contributed by atoms with E-state index in [0.29, 0.717) is 12.3 Å². The van der Waals surface area contributed by atoms with Gasteiger partial charge in [0.1, 0.15) is 17.0 Å². The van der Waals surface area contributed by atoms with Crippen LogP contribution in [0.3, 0.4) is 0 Å². The third-order valence-electron chi connectivity index (χ3n) is 3.07. The zero-order valence-corrected chi connectivity index (χ0v) is 12.8. The van der Waals surface area contributed by atoms with Gasteiger partial charge in [0.2, 0.25) is 0 Å². The molecule has 0 aliphatic heterocycles. The molecule has 2 rings (SSSR count). The fourth-order valence-electron chi connectivity index (χ4n) is 1.96. The van der Waals surface area contributed by atoms with Gasteiger partial charge in [0.25, 0.3) is 0 Å². The Bertz CT molecular complexity index is 637. The van der Waals surface area contributed by atoms with Crippen LogP contribution in [0, 0.1) is 0 Å². The predicted octanol–water partition coefficient (Wildman–Crippen LogP) is 3.40. The highest BCUT2D eigenvalue weighted by molar-refractivity contribution is 5.94. The predicted molar refractivity (Wildman–Crippen MR) is 80.8 cm³/mol. The van der Waals surface area contributed by atoms with Crippen molar-refractivity contribution in [1.82, 2.24) is 9.78 Å². The van der Waals surface area contributed by atoms with E-state index in [1.807, 2.05) is 52.0 Å². The van der Waals surface area contributed by atoms with Gasteiger partial charge in [-0.25, -0.2) is 4.79 Å². The zero-order chi connectivity index (χ0) is 15.6. The van der Waals surface area contributed by atoms with Crippen LogP contribution in [-0.2, 0) is 5.54 Å². The molecule has 1 aromatic heterocycles. The van der Waals surface area contributed by atoms with Crippen molar-refractivity contribution in [1.29, 1.82) is 0 Å². The molecule has 0 fully saturated rings. The van der Waals surface area contributed by atoms with Gasteiger partial charge in [-0.15, -0.1) is 0 Å². The quantitative estimate of drug-likeness (QED) is 0.936. The van der Waals surface area contributed by atoms with E-state index in [0.717, 1.165) is 11.3 Å². The number of aromatic carboxylic acids is 1. The molecule has 1 N–H and O–H groups in total. The largest absolute Gasteiger partial charge is 0.494 e. The lowest BCUT2D eigenvalue weighted by atomic mass is 10.1. The van der Waals surface area contributed by atoms with Crippen molar-refractivity contribution in [3.05, 3.63) is 36.0 Å². The Morgan fingerprint density at radius 1 is 1.29 bits per heavy atom. The summed E-state index contributed by atoms with van der Waals surface area (Å²) in [5, 5.41) is 13.8. The van der Waals surface area contributed by atoms with Crippen molar-refractivity contribution < 1.29 is 14.6 Å². The average Bonchev–Trinajstić information content (AvgIpc) is 2.85. The Hall–Kier alpha value is -2.30. The van der Waals surface area contributed by atoms with Crippen molar-refractivity contribution in [2.45, 2.75) is 33.2 Å². The van der Waals surface area contributed by atoms with Crippen LogP contribution in [0.2, 0.25) is 0 Å². The lowest BCUT2D eigenvalue weighted by Gasteiger charge is -2.18. The SMILES string of the molecule is CCOc1ccc(-c2nn(C(C)(C)C)cc2C(=O)O)cc1. The van der Waals surface area contributed by atoms with Gasteiger partial charge in [-0.2, -0.15) is 5.10 Å². The topological polar surface area (TPSA) is 64.4 Å². The van der Waals surface area contributed by atoms with Crippen molar-refractivity contribution in [2.75, 3.05) is 6.61 Å². The number of carboxylic acid groups (broad SMARTS) is 1. The number of aromatic nitrogens is 2. The van der Waals surface area contributed by atoms with Crippen LogP contribution in [0.1, 0.15) is 38.1 Å². The van der Waals surface area contributed by atoms with Gasteiger partial charge in [0.15, 0.2) is 0 Å². The van der Waals surface area contributed by atoms with Crippen molar-refractivity contribution in [3.8, 4) is 17.0 Å². The number of carbonyl (C=O) groups is 1. The molecule has 1 heterocycles. The van der Waals surface area contributed by atoms with Crippen LogP contribution in [0.5, 0.6) is 5.75 Å². The molecular formula is C16H20N2O3. The van der Waals surface area contributed by atoms with E-state index in [-0.39, 0.29) is 11.1 Å². The Morgan fingerprint density at radius 2 is 1.90 bits per heavy atom. The van der Waals surface area contributed by atoms with E-state index in [9.17, 15) is 9.90 Å². The highest BCUT2D eigenvalue weighted by Gasteiger charge is 2.22. The molecule has 0 radical (unpaired) electrons. The van der Waals surface area contributed by atoms with Gasteiger partial charge in [0, 0.05) is 11.8 Å². The van der Waals surface area contributed by atoms with Gasteiger partial charge in [-0.3, -0.25) is 4.68 Å². The zero-order valence-electron chi connectivity index (χ0n) is 12.8. The van der Waals surface area contributed by atoms with Crippen molar-refractivity contribution >= 4 is 5.97 Å².